The van der Waals surface area contributed by atoms with Gasteiger partial charge >= 0.3 is 0 Å². The maximum absolute atomic E-state index is 11.9. The highest BCUT2D eigenvalue weighted by Crippen LogP contribution is 2.14. The van der Waals surface area contributed by atoms with Crippen molar-refractivity contribution in [3.8, 4) is 0 Å². The number of aromatic nitrogens is 1. The van der Waals surface area contributed by atoms with E-state index in [4.69, 9.17) is 0 Å². The summed E-state index contributed by atoms with van der Waals surface area (Å²) in [4.78, 5) is 20.2. The number of aliphatic imine (C=N–C) groups is 1. The minimum absolute atomic E-state index is 0. The van der Waals surface area contributed by atoms with Gasteiger partial charge in [0.25, 0.3) is 0 Å². The van der Waals surface area contributed by atoms with Crippen molar-refractivity contribution in [3.05, 3.63) is 60.4 Å². The number of halogens is 1. The molecule has 2 rings (SSSR count). The van der Waals surface area contributed by atoms with E-state index < -0.39 is 6.10 Å². The van der Waals surface area contributed by atoms with Gasteiger partial charge in [-0.3, -0.25) is 9.78 Å². The van der Waals surface area contributed by atoms with Crippen molar-refractivity contribution in [2.24, 2.45) is 4.99 Å². The molecule has 0 radical (unpaired) electrons. The molecule has 1 amide bonds. The molecule has 1 unspecified atom stereocenters. The number of anilines is 1. The molecule has 0 aliphatic carbocycles. The van der Waals surface area contributed by atoms with Crippen LogP contribution in [0.25, 0.3) is 0 Å². The van der Waals surface area contributed by atoms with Crippen LogP contribution >= 0.6 is 24.0 Å². The first-order valence-corrected chi connectivity index (χ1v) is 8.64. The number of amides is 1. The number of carbonyl (C=O) groups excluding carboxylic acids is 1. The van der Waals surface area contributed by atoms with Crippen molar-refractivity contribution in [3.63, 3.8) is 0 Å². The third kappa shape index (κ3) is 8.83. The summed E-state index contributed by atoms with van der Waals surface area (Å²) in [5, 5.41) is 19.1. The summed E-state index contributed by atoms with van der Waals surface area (Å²) in [6.45, 7) is 3.15. The molecule has 1 heterocycles. The Labute approximate surface area is 176 Å². The van der Waals surface area contributed by atoms with E-state index in [1.54, 1.807) is 24.5 Å². The fraction of sp³-hybridized carbons (Fsp3) is 0.316. The van der Waals surface area contributed by atoms with Gasteiger partial charge < -0.3 is 21.1 Å². The Bertz CT molecular complexity index is 698. The van der Waals surface area contributed by atoms with Gasteiger partial charge in [-0.25, -0.2) is 4.99 Å². The highest BCUT2D eigenvalue weighted by molar-refractivity contribution is 14.0. The van der Waals surface area contributed by atoms with Crippen molar-refractivity contribution in [1.29, 1.82) is 0 Å². The molecule has 0 aliphatic heterocycles. The van der Waals surface area contributed by atoms with Gasteiger partial charge in [0.15, 0.2) is 5.96 Å². The molecular formula is C19H26IN5O2. The van der Waals surface area contributed by atoms with Crippen LogP contribution in [-0.2, 0) is 4.79 Å². The highest BCUT2D eigenvalue weighted by atomic mass is 127. The fourth-order valence-electron chi connectivity index (χ4n) is 2.30. The van der Waals surface area contributed by atoms with Crippen LogP contribution in [0, 0.1) is 0 Å². The van der Waals surface area contributed by atoms with Crippen molar-refractivity contribution >= 4 is 41.5 Å². The largest absolute Gasteiger partial charge is 0.388 e. The quantitative estimate of drug-likeness (QED) is 0.263. The summed E-state index contributed by atoms with van der Waals surface area (Å²) in [5.41, 5.74) is 1.52. The molecule has 27 heavy (non-hydrogen) atoms. The van der Waals surface area contributed by atoms with Crippen molar-refractivity contribution < 1.29 is 9.90 Å². The van der Waals surface area contributed by atoms with Gasteiger partial charge in [-0.05, 0) is 31.0 Å². The third-order valence-corrected chi connectivity index (χ3v) is 3.56. The fourth-order valence-corrected chi connectivity index (χ4v) is 2.30. The average Bonchev–Trinajstić information content (AvgIpc) is 2.67. The minimum atomic E-state index is -0.541. The van der Waals surface area contributed by atoms with Crippen molar-refractivity contribution in [2.75, 3.05) is 25.0 Å². The average molecular weight is 483 g/mol. The molecule has 146 valence electrons. The van der Waals surface area contributed by atoms with Crippen LogP contribution in [0.4, 0.5) is 5.69 Å². The number of nitrogens with zero attached hydrogens (tertiary/aromatic N) is 2. The smallest absolute Gasteiger partial charge is 0.246 e. The molecular weight excluding hydrogens is 457 g/mol. The summed E-state index contributed by atoms with van der Waals surface area (Å²) < 4.78 is 0. The number of rotatable bonds is 8. The zero-order chi connectivity index (χ0) is 18.6. The number of hydrogen-bond donors (Lipinski definition) is 4. The lowest BCUT2D eigenvalue weighted by atomic mass is 10.1. The van der Waals surface area contributed by atoms with Gasteiger partial charge in [-0.15, -0.1) is 24.0 Å². The molecule has 0 fully saturated rings. The van der Waals surface area contributed by atoms with Crippen molar-refractivity contribution in [1.82, 2.24) is 15.6 Å². The number of pyridine rings is 1. The highest BCUT2D eigenvalue weighted by Gasteiger charge is 2.07. The molecule has 2 aromatic rings. The van der Waals surface area contributed by atoms with Gasteiger partial charge in [0.2, 0.25) is 5.91 Å². The van der Waals surface area contributed by atoms with E-state index in [-0.39, 0.29) is 36.4 Å². The van der Waals surface area contributed by atoms with Crippen LogP contribution in [0.2, 0.25) is 0 Å². The molecule has 0 saturated carbocycles. The predicted molar refractivity (Wildman–Crippen MR) is 118 cm³/mol. The molecule has 4 N–H and O–H groups in total. The molecule has 1 aromatic heterocycles. The van der Waals surface area contributed by atoms with E-state index in [2.05, 4.69) is 25.9 Å². The molecule has 0 saturated heterocycles. The number of aliphatic hydroxyl groups excluding tert-OH is 1. The van der Waals surface area contributed by atoms with E-state index in [1.165, 1.54) is 0 Å². The van der Waals surface area contributed by atoms with Crippen LogP contribution in [0.1, 0.15) is 25.0 Å². The second kappa shape index (κ2) is 13.0. The summed E-state index contributed by atoms with van der Waals surface area (Å²) >= 11 is 0. The number of hydrogen-bond acceptors (Lipinski definition) is 4. The molecule has 7 nitrogen and oxygen atoms in total. The maximum Gasteiger partial charge on any atom is 0.246 e. The van der Waals surface area contributed by atoms with Crippen LogP contribution < -0.4 is 16.0 Å². The maximum atomic E-state index is 11.9. The Morgan fingerprint density at radius 3 is 2.63 bits per heavy atom. The molecule has 0 aliphatic rings. The van der Waals surface area contributed by atoms with Gasteiger partial charge in [0, 0.05) is 19.3 Å². The lowest BCUT2D eigenvalue weighted by Gasteiger charge is -2.14. The number of carbonyl (C=O) groups is 1. The lowest BCUT2D eigenvalue weighted by molar-refractivity contribution is -0.114. The Balaban J connectivity index is 0.00000364. The topological polar surface area (TPSA) is 98.6 Å². The molecule has 8 heteroatoms. The van der Waals surface area contributed by atoms with Crippen molar-refractivity contribution in [2.45, 2.75) is 19.4 Å². The van der Waals surface area contributed by atoms with Crippen LogP contribution in [0.15, 0.2) is 59.9 Å². The molecule has 1 aromatic carbocycles. The Morgan fingerprint density at radius 2 is 1.96 bits per heavy atom. The second-order valence-electron chi connectivity index (χ2n) is 5.63. The Morgan fingerprint density at radius 1 is 1.19 bits per heavy atom. The van der Waals surface area contributed by atoms with Gasteiger partial charge in [0.1, 0.15) is 6.54 Å². The van der Waals surface area contributed by atoms with E-state index in [1.807, 2.05) is 37.3 Å². The van der Waals surface area contributed by atoms with Crippen LogP contribution in [-0.4, -0.2) is 41.6 Å². The summed E-state index contributed by atoms with van der Waals surface area (Å²) in [7, 11) is 0. The Kier molecular flexibility index (Phi) is 11.0. The van der Waals surface area contributed by atoms with E-state index in [0.717, 1.165) is 5.56 Å². The normalized spacial score (nSPS) is 11.9. The minimum Gasteiger partial charge on any atom is -0.388 e. The zero-order valence-corrected chi connectivity index (χ0v) is 17.6. The third-order valence-electron chi connectivity index (χ3n) is 3.56. The van der Waals surface area contributed by atoms with Crippen LogP contribution in [0.3, 0.4) is 0 Å². The second-order valence-corrected chi connectivity index (χ2v) is 5.63. The van der Waals surface area contributed by atoms with Gasteiger partial charge in [-0.1, -0.05) is 30.3 Å². The predicted octanol–water partition coefficient (Wildman–Crippen LogP) is 2.32. The van der Waals surface area contributed by atoms with E-state index in [9.17, 15) is 9.90 Å². The number of nitrogens with one attached hydrogen (secondary N) is 3. The molecule has 0 spiro atoms. The van der Waals surface area contributed by atoms with Gasteiger partial charge in [-0.2, -0.15) is 0 Å². The summed E-state index contributed by atoms with van der Waals surface area (Å²) in [5.74, 6) is 0.314. The number of benzene rings is 1. The molecule has 1 atom stereocenters. The van der Waals surface area contributed by atoms with E-state index in [0.29, 0.717) is 31.2 Å². The number of guanidine groups is 1. The number of aliphatic hydroxyl groups is 1. The monoisotopic (exact) mass is 483 g/mol. The van der Waals surface area contributed by atoms with Crippen LogP contribution in [0.5, 0.6) is 0 Å². The summed E-state index contributed by atoms with van der Waals surface area (Å²) in [6.07, 6.45) is 3.22. The summed E-state index contributed by atoms with van der Waals surface area (Å²) in [6, 6.07) is 13.0. The first-order valence-electron chi connectivity index (χ1n) is 8.64. The first-order chi connectivity index (χ1) is 12.7. The van der Waals surface area contributed by atoms with E-state index >= 15 is 0 Å². The van der Waals surface area contributed by atoms with Gasteiger partial charge in [0.05, 0.1) is 18.0 Å². The standard InChI is InChI=1S/C19H25N5O2.HI/c1-2-21-19(22-12-10-17(25)15-7-4-3-5-8-15)23-14-18(26)24-16-9-6-11-20-13-16;/h3-9,11,13,17,25H,2,10,12,14H2,1H3,(H,24,26)(H2,21,22,23);1H. The molecule has 0 bridgehead atoms. The Hall–Kier alpha value is -2.20. The lowest BCUT2D eigenvalue weighted by Crippen LogP contribution is -2.38. The first kappa shape index (κ1) is 22.8. The SMILES string of the molecule is CCNC(=NCC(=O)Nc1cccnc1)NCCC(O)c1ccccc1.I. The zero-order valence-electron chi connectivity index (χ0n) is 15.3.